The number of nitrogens with two attached hydrogens (primary N) is 1. The molecular formula is C13H24N2O. The van der Waals surface area contributed by atoms with E-state index in [1.165, 1.54) is 25.7 Å². The van der Waals surface area contributed by atoms with Crippen LogP contribution in [-0.4, -0.2) is 18.2 Å². The van der Waals surface area contributed by atoms with Crippen molar-refractivity contribution in [2.24, 2.45) is 11.7 Å². The Kier molecular flexibility index (Phi) is 5.24. The Hall–Kier alpha value is -0.590. The third-order valence-electron chi connectivity index (χ3n) is 3.41. The van der Waals surface area contributed by atoms with Crippen LogP contribution >= 0.6 is 0 Å². The van der Waals surface area contributed by atoms with E-state index in [4.69, 9.17) is 15.7 Å². The summed E-state index contributed by atoms with van der Waals surface area (Å²) < 4.78 is 5.81. The molecule has 1 aliphatic rings. The minimum atomic E-state index is -0.690. The lowest BCUT2D eigenvalue weighted by molar-refractivity contribution is 0.0170. The second kappa shape index (κ2) is 6.22. The van der Waals surface area contributed by atoms with E-state index < -0.39 is 5.54 Å². The molecule has 92 valence electrons. The van der Waals surface area contributed by atoms with Crippen LogP contribution in [0.4, 0.5) is 0 Å². The predicted molar refractivity (Wildman–Crippen MR) is 64.8 cm³/mol. The first-order chi connectivity index (χ1) is 7.53. The summed E-state index contributed by atoms with van der Waals surface area (Å²) in [4.78, 5) is 0. The molecule has 0 aromatic heterocycles. The van der Waals surface area contributed by atoms with Gasteiger partial charge in [-0.25, -0.2) is 0 Å². The van der Waals surface area contributed by atoms with Gasteiger partial charge in [-0.2, -0.15) is 5.26 Å². The molecule has 1 aliphatic carbocycles. The Labute approximate surface area is 99.0 Å². The topological polar surface area (TPSA) is 59.0 Å². The zero-order chi connectivity index (χ0) is 12.0. The van der Waals surface area contributed by atoms with Crippen LogP contribution in [0, 0.1) is 17.2 Å². The van der Waals surface area contributed by atoms with Crippen LogP contribution in [0.2, 0.25) is 0 Å². The van der Waals surface area contributed by atoms with Gasteiger partial charge in [0.15, 0.2) is 0 Å². The zero-order valence-electron chi connectivity index (χ0n) is 10.5. The normalized spacial score (nSPS) is 29.4. The van der Waals surface area contributed by atoms with Gasteiger partial charge in [0.1, 0.15) is 5.54 Å². The highest BCUT2D eigenvalue weighted by Gasteiger charge is 2.19. The van der Waals surface area contributed by atoms with Crippen LogP contribution in [0.5, 0.6) is 0 Å². The van der Waals surface area contributed by atoms with E-state index in [-0.39, 0.29) is 0 Å². The van der Waals surface area contributed by atoms with Crippen molar-refractivity contribution in [2.45, 2.75) is 64.0 Å². The lowest BCUT2D eigenvalue weighted by Crippen LogP contribution is -2.34. The Balaban J connectivity index is 2.06. The van der Waals surface area contributed by atoms with Gasteiger partial charge in [0.2, 0.25) is 0 Å². The largest absolute Gasteiger partial charge is 0.378 e. The molecule has 0 aliphatic heterocycles. The number of hydrogen-bond acceptors (Lipinski definition) is 3. The van der Waals surface area contributed by atoms with E-state index in [2.05, 4.69) is 13.0 Å². The number of rotatable bonds is 5. The standard InChI is InChI=1S/C13H24N2O/c1-11-4-6-12(7-5-11)16-9-3-8-13(2,15)10-14/h11-12H,3-9,15H2,1-2H3. The molecule has 16 heavy (non-hydrogen) atoms. The minimum Gasteiger partial charge on any atom is -0.378 e. The van der Waals surface area contributed by atoms with Gasteiger partial charge in [-0.1, -0.05) is 6.92 Å². The maximum absolute atomic E-state index is 8.76. The third kappa shape index (κ3) is 4.96. The summed E-state index contributed by atoms with van der Waals surface area (Å²) in [5.41, 5.74) is 5.05. The number of nitrogens with zero attached hydrogens (tertiary/aromatic N) is 1. The Morgan fingerprint density at radius 1 is 1.38 bits per heavy atom. The fourth-order valence-corrected chi connectivity index (χ4v) is 2.14. The molecule has 0 spiro atoms. The van der Waals surface area contributed by atoms with E-state index >= 15 is 0 Å². The summed E-state index contributed by atoms with van der Waals surface area (Å²) >= 11 is 0. The summed E-state index contributed by atoms with van der Waals surface area (Å²) in [7, 11) is 0. The number of ether oxygens (including phenoxy) is 1. The quantitative estimate of drug-likeness (QED) is 0.730. The van der Waals surface area contributed by atoms with Gasteiger partial charge in [-0.05, 0) is 51.4 Å². The first-order valence-corrected chi connectivity index (χ1v) is 6.35. The molecule has 0 radical (unpaired) electrons. The van der Waals surface area contributed by atoms with Crippen LogP contribution in [-0.2, 0) is 4.74 Å². The average Bonchev–Trinajstić information content (AvgIpc) is 2.27. The van der Waals surface area contributed by atoms with Gasteiger partial charge in [0, 0.05) is 6.61 Å². The van der Waals surface area contributed by atoms with Crippen LogP contribution in [0.3, 0.4) is 0 Å². The summed E-state index contributed by atoms with van der Waals surface area (Å²) in [6, 6.07) is 2.11. The van der Waals surface area contributed by atoms with Gasteiger partial charge in [0.05, 0.1) is 12.2 Å². The average molecular weight is 224 g/mol. The van der Waals surface area contributed by atoms with E-state index in [1.54, 1.807) is 6.92 Å². The highest BCUT2D eigenvalue weighted by atomic mass is 16.5. The van der Waals surface area contributed by atoms with E-state index in [9.17, 15) is 0 Å². The lowest BCUT2D eigenvalue weighted by atomic mass is 9.89. The highest BCUT2D eigenvalue weighted by Crippen LogP contribution is 2.25. The molecule has 1 rings (SSSR count). The Bertz CT molecular complexity index is 237. The van der Waals surface area contributed by atoms with Gasteiger partial charge in [-0.15, -0.1) is 0 Å². The molecule has 0 aromatic carbocycles. The predicted octanol–water partition coefficient (Wildman–Crippen LogP) is 2.60. The molecule has 1 saturated carbocycles. The molecule has 3 nitrogen and oxygen atoms in total. The van der Waals surface area contributed by atoms with Gasteiger partial charge in [-0.3, -0.25) is 0 Å². The third-order valence-corrected chi connectivity index (χ3v) is 3.41. The van der Waals surface area contributed by atoms with Crippen LogP contribution in [0.15, 0.2) is 0 Å². The minimum absolute atomic E-state index is 0.447. The molecule has 1 atom stereocenters. The van der Waals surface area contributed by atoms with E-state index in [0.717, 1.165) is 18.9 Å². The van der Waals surface area contributed by atoms with Gasteiger partial charge >= 0.3 is 0 Å². The first-order valence-electron chi connectivity index (χ1n) is 6.35. The fourth-order valence-electron chi connectivity index (χ4n) is 2.14. The number of nitriles is 1. The monoisotopic (exact) mass is 224 g/mol. The van der Waals surface area contributed by atoms with Crippen molar-refractivity contribution in [1.29, 1.82) is 5.26 Å². The zero-order valence-corrected chi connectivity index (χ0v) is 10.5. The van der Waals surface area contributed by atoms with Crippen molar-refractivity contribution in [2.75, 3.05) is 6.61 Å². The second-order valence-corrected chi connectivity index (χ2v) is 5.39. The smallest absolute Gasteiger partial charge is 0.101 e. The van der Waals surface area contributed by atoms with Gasteiger partial charge in [0.25, 0.3) is 0 Å². The van der Waals surface area contributed by atoms with Crippen LogP contribution < -0.4 is 5.73 Å². The molecule has 2 N–H and O–H groups in total. The van der Waals surface area contributed by atoms with Gasteiger partial charge < -0.3 is 10.5 Å². The van der Waals surface area contributed by atoms with Crippen molar-refractivity contribution < 1.29 is 4.74 Å². The summed E-state index contributed by atoms with van der Waals surface area (Å²) in [5.74, 6) is 0.866. The van der Waals surface area contributed by atoms with Crippen LogP contribution in [0.25, 0.3) is 0 Å². The lowest BCUT2D eigenvalue weighted by Gasteiger charge is -2.26. The van der Waals surface area contributed by atoms with Crippen molar-refractivity contribution in [1.82, 2.24) is 0 Å². The maximum Gasteiger partial charge on any atom is 0.101 e. The molecule has 1 unspecified atom stereocenters. The summed E-state index contributed by atoms with van der Waals surface area (Å²) in [5, 5.41) is 8.76. The van der Waals surface area contributed by atoms with E-state index in [1.807, 2.05) is 0 Å². The molecule has 1 fully saturated rings. The second-order valence-electron chi connectivity index (χ2n) is 5.39. The Morgan fingerprint density at radius 3 is 2.56 bits per heavy atom. The molecule has 0 saturated heterocycles. The van der Waals surface area contributed by atoms with Crippen molar-refractivity contribution >= 4 is 0 Å². The van der Waals surface area contributed by atoms with Crippen molar-refractivity contribution in [3.8, 4) is 6.07 Å². The van der Waals surface area contributed by atoms with Crippen molar-refractivity contribution in [3.05, 3.63) is 0 Å². The highest BCUT2D eigenvalue weighted by molar-refractivity contribution is 5.00. The van der Waals surface area contributed by atoms with E-state index in [0.29, 0.717) is 12.5 Å². The van der Waals surface area contributed by atoms with Crippen LogP contribution in [0.1, 0.15) is 52.4 Å². The molecule has 0 amide bonds. The SMILES string of the molecule is CC1CCC(OCCCC(C)(N)C#N)CC1. The Morgan fingerprint density at radius 2 is 2.00 bits per heavy atom. The molecular weight excluding hydrogens is 200 g/mol. The number of hydrogen-bond donors (Lipinski definition) is 1. The molecule has 0 aromatic rings. The summed E-state index contributed by atoms with van der Waals surface area (Å²) in [6.45, 7) is 4.83. The fraction of sp³-hybridized carbons (Fsp3) is 0.923. The van der Waals surface area contributed by atoms with Crippen molar-refractivity contribution in [3.63, 3.8) is 0 Å². The molecule has 0 heterocycles. The molecule has 0 bridgehead atoms. The molecule has 3 heteroatoms. The first kappa shape index (κ1) is 13.5. The maximum atomic E-state index is 8.76. The summed E-state index contributed by atoms with van der Waals surface area (Å²) in [6.07, 6.45) is 7.01.